The smallest absolute Gasteiger partial charge is 0.387 e. The largest absolute Gasteiger partial charge is 0.496 e. The molecule has 1 aliphatic heterocycles. The van der Waals surface area contributed by atoms with Gasteiger partial charge in [-0.15, -0.1) is 0 Å². The zero-order chi connectivity index (χ0) is 25.8. The third-order valence-corrected chi connectivity index (χ3v) is 6.83. The number of fused-ring (bicyclic) bond motifs is 1. The molecule has 0 unspecified atom stereocenters. The SMILES string of the molecule is COc1cc(-c2cnc3cc(OCCCN4CCNCC4)ccn23)cc(OC(F)F)c1C(=O)CC1CC1. The molecule has 2 aromatic heterocycles. The molecule has 2 fully saturated rings. The van der Waals surface area contributed by atoms with Crippen LogP contribution in [0.5, 0.6) is 17.2 Å². The van der Waals surface area contributed by atoms with Crippen LogP contribution >= 0.6 is 0 Å². The Balaban J connectivity index is 1.34. The maximum absolute atomic E-state index is 13.3. The Labute approximate surface area is 214 Å². The number of pyridine rings is 1. The number of hydrogen-bond acceptors (Lipinski definition) is 7. The summed E-state index contributed by atoms with van der Waals surface area (Å²) in [5.74, 6) is 0.782. The fraction of sp³-hybridized carbons (Fsp3) is 0.481. The van der Waals surface area contributed by atoms with Crippen molar-refractivity contribution in [1.29, 1.82) is 0 Å². The second kappa shape index (κ2) is 11.4. The van der Waals surface area contributed by atoms with Gasteiger partial charge in [0, 0.05) is 57.0 Å². The van der Waals surface area contributed by atoms with E-state index in [9.17, 15) is 13.6 Å². The van der Waals surface area contributed by atoms with Gasteiger partial charge >= 0.3 is 6.61 Å². The number of ketones is 1. The quantitative estimate of drug-likeness (QED) is 0.286. The normalized spacial score (nSPS) is 16.3. The summed E-state index contributed by atoms with van der Waals surface area (Å²) in [7, 11) is 1.42. The van der Waals surface area contributed by atoms with Crippen molar-refractivity contribution in [3.05, 3.63) is 42.2 Å². The first-order chi connectivity index (χ1) is 18.0. The zero-order valence-corrected chi connectivity index (χ0v) is 20.9. The van der Waals surface area contributed by atoms with Crippen molar-refractivity contribution in [3.8, 4) is 28.5 Å². The minimum Gasteiger partial charge on any atom is -0.496 e. The van der Waals surface area contributed by atoms with Gasteiger partial charge < -0.3 is 24.4 Å². The first kappa shape index (κ1) is 25.4. The van der Waals surface area contributed by atoms with E-state index in [-0.39, 0.29) is 22.8 Å². The number of nitrogens with one attached hydrogen (secondary N) is 1. The Morgan fingerprint density at radius 1 is 1.19 bits per heavy atom. The number of ether oxygens (including phenoxy) is 3. The summed E-state index contributed by atoms with van der Waals surface area (Å²) in [6.07, 6.45) is 6.65. The van der Waals surface area contributed by atoms with Gasteiger partial charge in [0.1, 0.15) is 28.5 Å². The van der Waals surface area contributed by atoms with E-state index in [1.807, 2.05) is 22.7 Å². The number of halogens is 2. The highest BCUT2D eigenvalue weighted by atomic mass is 19.3. The zero-order valence-electron chi connectivity index (χ0n) is 20.9. The summed E-state index contributed by atoms with van der Waals surface area (Å²) in [6.45, 7) is 2.72. The summed E-state index contributed by atoms with van der Waals surface area (Å²) in [4.78, 5) is 19.8. The van der Waals surface area contributed by atoms with Gasteiger partial charge in [0.2, 0.25) is 0 Å². The number of carbonyl (C=O) groups excluding carboxylic acids is 1. The fourth-order valence-electron chi connectivity index (χ4n) is 4.73. The number of imidazole rings is 1. The number of piperazine rings is 1. The molecule has 0 spiro atoms. The molecule has 1 aliphatic carbocycles. The summed E-state index contributed by atoms with van der Waals surface area (Å²) < 4.78 is 44.6. The first-order valence-corrected chi connectivity index (χ1v) is 12.7. The van der Waals surface area contributed by atoms with Crippen LogP contribution in [0, 0.1) is 5.92 Å². The molecule has 1 aromatic carbocycles. The molecule has 0 amide bonds. The van der Waals surface area contributed by atoms with E-state index in [2.05, 4.69) is 15.2 Å². The average molecular weight is 515 g/mol. The van der Waals surface area contributed by atoms with E-state index in [0.29, 0.717) is 41.6 Å². The second-order valence-corrected chi connectivity index (χ2v) is 9.53. The van der Waals surface area contributed by atoms with Crippen LogP contribution in [0.2, 0.25) is 0 Å². The number of hydrogen-bond donors (Lipinski definition) is 1. The summed E-state index contributed by atoms with van der Waals surface area (Å²) in [6, 6.07) is 6.82. The number of aromatic nitrogens is 2. The average Bonchev–Trinajstić information content (AvgIpc) is 3.61. The summed E-state index contributed by atoms with van der Waals surface area (Å²) >= 11 is 0. The van der Waals surface area contributed by atoms with Crippen molar-refractivity contribution < 1.29 is 27.8 Å². The molecule has 1 saturated heterocycles. The predicted molar refractivity (Wildman–Crippen MR) is 135 cm³/mol. The number of methoxy groups -OCH3 is 1. The lowest BCUT2D eigenvalue weighted by atomic mass is 10.00. The Morgan fingerprint density at radius 2 is 1.97 bits per heavy atom. The van der Waals surface area contributed by atoms with Crippen molar-refractivity contribution >= 4 is 11.4 Å². The number of carbonyl (C=O) groups is 1. The van der Waals surface area contributed by atoms with E-state index < -0.39 is 6.61 Å². The minimum atomic E-state index is -3.07. The fourth-order valence-corrected chi connectivity index (χ4v) is 4.73. The molecule has 0 atom stereocenters. The monoisotopic (exact) mass is 514 g/mol. The number of benzene rings is 1. The van der Waals surface area contributed by atoms with Crippen LogP contribution in [0.15, 0.2) is 36.7 Å². The molecule has 2 aliphatic rings. The van der Waals surface area contributed by atoms with Crippen LogP contribution in [-0.4, -0.2) is 73.1 Å². The van der Waals surface area contributed by atoms with Crippen molar-refractivity contribution in [3.63, 3.8) is 0 Å². The third kappa shape index (κ3) is 6.19. The molecule has 8 nitrogen and oxygen atoms in total. The van der Waals surface area contributed by atoms with Crippen LogP contribution < -0.4 is 19.5 Å². The van der Waals surface area contributed by atoms with Gasteiger partial charge in [-0.05, 0) is 43.4 Å². The molecule has 3 aromatic rings. The van der Waals surface area contributed by atoms with Crippen LogP contribution in [0.25, 0.3) is 16.9 Å². The van der Waals surface area contributed by atoms with Gasteiger partial charge in [0.15, 0.2) is 5.78 Å². The van der Waals surface area contributed by atoms with E-state index in [1.54, 1.807) is 12.3 Å². The number of rotatable bonds is 12. The number of Topliss-reactive ketones (excluding diaryl/α,β-unsaturated/α-hetero) is 1. The predicted octanol–water partition coefficient (Wildman–Crippen LogP) is 4.27. The molecule has 37 heavy (non-hydrogen) atoms. The minimum absolute atomic E-state index is 0.0590. The molecular weight excluding hydrogens is 482 g/mol. The molecule has 5 rings (SSSR count). The Kier molecular flexibility index (Phi) is 7.85. The van der Waals surface area contributed by atoms with Crippen molar-refractivity contribution in [2.24, 2.45) is 5.92 Å². The van der Waals surface area contributed by atoms with Gasteiger partial charge in [-0.3, -0.25) is 9.20 Å². The van der Waals surface area contributed by atoms with E-state index in [1.165, 1.54) is 13.2 Å². The Bertz CT molecular complexity index is 1240. The van der Waals surface area contributed by atoms with E-state index in [0.717, 1.165) is 52.0 Å². The second-order valence-electron chi connectivity index (χ2n) is 9.53. The molecule has 1 saturated carbocycles. The van der Waals surface area contributed by atoms with Crippen molar-refractivity contribution in [1.82, 2.24) is 19.6 Å². The van der Waals surface area contributed by atoms with Gasteiger partial charge in [-0.1, -0.05) is 0 Å². The van der Waals surface area contributed by atoms with Crippen LogP contribution in [0.4, 0.5) is 8.78 Å². The molecule has 0 radical (unpaired) electrons. The topological polar surface area (TPSA) is 77.3 Å². The Hall–Kier alpha value is -3.24. The Morgan fingerprint density at radius 3 is 2.70 bits per heavy atom. The molecule has 3 heterocycles. The highest BCUT2D eigenvalue weighted by molar-refractivity contribution is 6.02. The van der Waals surface area contributed by atoms with E-state index in [4.69, 9.17) is 14.2 Å². The van der Waals surface area contributed by atoms with Gasteiger partial charge in [-0.2, -0.15) is 8.78 Å². The lowest BCUT2D eigenvalue weighted by Gasteiger charge is -2.26. The number of nitrogens with zero attached hydrogens (tertiary/aromatic N) is 3. The van der Waals surface area contributed by atoms with Crippen molar-refractivity contribution in [2.75, 3.05) is 46.4 Å². The number of alkyl halides is 2. The first-order valence-electron chi connectivity index (χ1n) is 12.7. The molecular formula is C27H32F2N4O4. The lowest BCUT2D eigenvalue weighted by molar-refractivity contribution is -0.0502. The lowest BCUT2D eigenvalue weighted by Crippen LogP contribution is -2.43. The standard InChI is InChI=1S/C27H32F2N4O4/c1-35-23-14-19(15-24(37-27(28)29)26(23)22(34)13-18-3-4-18)21-17-31-25-16-20(5-9-33(21)25)36-12-2-8-32-10-6-30-7-11-32/h5,9,14-18,27,30H,2-4,6-8,10-13H2,1H3. The molecule has 1 N–H and O–H groups in total. The molecule has 198 valence electrons. The van der Waals surface area contributed by atoms with Gasteiger partial charge in [-0.25, -0.2) is 4.98 Å². The summed E-state index contributed by atoms with van der Waals surface area (Å²) in [5.41, 5.74) is 1.91. The maximum Gasteiger partial charge on any atom is 0.387 e. The van der Waals surface area contributed by atoms with E-state index >= 15 is 0 Å². The van der Waals surface area contributed by atoms with Crippen LogP contribution in [0.1, 0.15) is 36.0 Å². The van der Waals surface area contributed by atoms with Gasteiger partial charge in [0.05, 0.1) is 25.6 Å². The summed E-state index contributed by atoms with van der Waals surface area (Å²) in [5, 5.41) is 3.35. The molecule has 10 heteroatoms. The van der Waals surface area contributed by atoms with Crippen LogP contribution in [-0.2, 0) is 0 Å². The molecule has 0 bridgehead atoms. The van der Waals surface area contributed by atoms with Gasteiger partial charge in [0.25, 0.3) is 0 Å². The maximum atomic E-state index is 13.3. The van der Waals surface area contributed by atoms with Crippen molar-refractivity contribution in [2.45, 2.75) is 32.3 Å². The van der Waals surface area contributed by atoms with Crippen LogP contribution in [0.3, 0.4) is 0 Å². The third-order valence-electron chi connectivity index (χ3n) is 6.83. The highest BCUT2D eigenvalue weighted by Crippen LogP contribution is 2.40. The highest BCUT2D eigenvalue weighted by Gasteiger charge is 2.29.